The van der Waals surface area contributed by atoms with Crippen molar-refractivity contribution in [1.29, 1.82) is 0 Å². The lowest BCUT2D eigenvalue weighted by Crippen LogP contribution is -2.46. The van der Waals surface area contributed by atoms with Crippen LogP contribution in [0.15, 0.2) is 29.3 Å². The number of thioether (sulfide) groups is 1. The van der Waals surface area contributed by atoms with Gasteiger partial charge >= 0.3 is 0 Å². The Balaban J connectivity index is 1.46. The summed E-state index contributed by atoms with van der Waals surface area (Å²) in [6.45, 7) is 3.07. The Morgan fingerprint density at radius 2 is 2.17 bits per heavy atom. The second kappa shape index (κ2) is 8.86. The number of benzene rings is 1. The summed E-state index contributed by atoms with van der Waals surface area (Å²) in [7, 11) is 1.86. The lowest BCUT2D eigenvalue weighted by atomic mass is 10.0. The third-order valence-corrected chi connectivity index (χ3v) is 6.11. The van der Waals surface area contributed by atoms with Crippen LogP contribution in [0.3, 0.4) is 0 Å². The summed E-state index contributed by atoms with van der Waals surface area (Å²) in [5.41, 5.74) is 1.20. The summed E-state index contributed by atoms with van der Waals surface area (Å²) in [5.74, 6) is 4.33. The predicted octanol–water partition coefficient (Wildman–Crippen LogP) is 3.23. The van der Waals surface area contributed by atoms with E-state index in [0.29, 0.717) is 6.04 Å². The number of guanidine groups is 1. The van der Waals surface area contributed by atoms with Crippen LogP contribution in [0.2, 0.25) is 5.02 Å². The molecule has 132 valence electrons. The fourth-order valence-corrected chi connectivity index (χ4v) is 4.75. The van der Waals surface area contributed by atoms with Crippen LogP contribution in [0.5, 0.6) is 0 Å². The molecule has 2 fully saturated rings. The maximum atomic E-state index is 6.11. The zero-order chi connectivity index (χ0) is 16.8. The maximum absolute atomic E-state index is 6.11. The van der Waals surface area contributed by atoms with Gasteiger partial charge in [-0.15, -0.1) is 0 Å². The monoisotopic (exact) mass is 366 g/mol. The summed E-state index contributed by atoms with van der Waals surface area (Å²) in [4.78, 5) is 6.78. The van der Waals surface area contributed by atoms with E-state index in [9.17, 15) is 0 Å². The minimum Gasteiger partial charge on any atom is -0.369 e. The van der Waals surface area contributed by atoms with Gasteiger partial charge in [0.25, 0.3) is 0 Å². The molecule has 1 unspecified atom stereocenters. The topological polar surface area (TPSA) is 39.7 Å². The molecule has 0 saturated carbocycles. The largest absolute Gasteiger partial charge is 0.369 e. The van der Waals surface area contributed by atoms with E-state index in [0.717, 1.165) is 43.0 Å². The van der Waals surface area contributed by atoms with Crippen LogP contribution in [0.4, 0.5) is 5.69 Å². The molecule has 1 aromatic carbocycles. The van der Waals surface area contributed by atoms with Gasteiger partial charge < -0.3 is 15.5 Å². The summed E-state index contributed by atoms with van der Waals surface area (Å²) in [5, 5.41) is 7.90. The summed E-state index contributed by atoms with van der Waals surface area (Å²) >= 11 is 8.18. The summed E-state index contributed by atoms with van der Waals surface area (Å²) < 4.78 is 0. The molecule has 0 aliphatic carbocycles. The molecule has 6 heteroatoms. The van der Waals surface area contributed by atoms with Crippen molar-refractivity contribution in [3.8, 4) is 0 Å². The zero-order valence-electron chi connectivity index (χ0n) is 14.3. The van der Waals surface area contributed by atoms with Gasteiger partial charge in [0.2, 0.25) is 0 Å². The van der Waals surface area contributed by atoms with Crippen molar-refractivity contribution in [2.24, 2.45) is 10.9 Å². The lowest BCUT2D eigenvalue weighted by Gasteiger charge is -2.24. The molecule has 2 heterocycles. The van der Waals surface area contributed by atoms with Crippen LogP contribution >= 0.6 is 23.4 Å². The van der Waals surface area contributed by atoms with Crippen molar-refractivity contribution >= 4 is 35.0 Å². The van der Waals surface area contributed by atoms with E-state index in [1.54, 1.807) is 0 Å². The van der Waals surface area contributed by atoms with Gasteiger partial charge in [-0.2, -0.15) is 11.8 Å². The van der Waals surface area contributed by atoms with Gasteiger partial charge in [0.15, 0.2) is 5.96 Å². The van der Waals surface area contributed by atoms with Crippen molar-refractivity contribution in [2.45, 2.75) is 25.3 Å². The minimum atomic E-state index is 0.428. The highest BCUT2D eigenvalue weighted by Gasteiger charge is 2.24. The molecule has 4 nitrogen and oxygen atoms in total. The molecule has 0 spiro atoms. The number of nitrogens with zero attached hydrogens (tertiary/aromatic N) is 2. The number of hydrogen-bond acceptors (Lipinski definition) is 3. The second-order valence-corrected chi connectivity index (χ2v) is 8.23. The Kier molecular flexibility index (Phi) is 6.55. The van der Waals surface area contributed by atoms with Crippen molar-refractivity contribution in [3.63, 3.8) is 0 Å². The van der Waals surface area contributed by atoms with E-state index in [-0.39, 0.29) is 0 Å². The Bertz CT molecular complexity index is 560. The predicted molar refractivity (Wildman–Crippen MR) is 107 cm³/mol. The first kappa shape index (κ1) is 17.7. The Morgan fingerprint density at radius 1 is 1.33 bits per heavy atom. The van der Waals surface area contributed by atoms with Gasteiger partial charge in [0.1, 0.15) is 0 Å². The average molecular weight is 367 g/mol. The van der Waals surface area contributed by atoms with Crippen LogP contribution < -0.4 is 15.5 Å². The fraction of sp³-hybridized carbons (Fsp3) is 0.611. The number of hydrogen-bond donors (Lipinski definition) is 2. The van der Waals surface area contributed by atoms with Gasteiger partial charge in [-0.1, -0.05) is 17.7 Å². The number of nitrogens with one attached hydrogen (secondary N) is 2. The van der Waals surface area contributed by atoms with Crippen LogP contribution in [0.1, 0.15) is 19.3 Å². The highest BCUT2D eigenvalue weighted by Crippen LogP contribution is 2.24. The molecule has 24 heavy (non-hydrogen) atoms. The third kappa shape index (κ3) is 4.96. The molecule has 0 amide bonds. The minimum absolute atomic E-state index is 0.428. The van der Waals surface area contributed by atoms with Crippen molar-refractivity contribution in [1.82, 2.24) is 10.6 Å². The quantitative estimate of drug-likeness (QED) is 0.634. The Labute approximate surface area is 154 Å². The molecule has 0 bridgehead atoms. The highest BCUT2D eigenvalue weighted by atomic mass is 35.5. The van der Waals surface area contributed by atoms with E-state index >= 15 is 0 Å². The number of anilines is 1. The first-order chi connectivity index (χ1) is 11.7. The molecule has 2 N–H and O–H groups in total. The van der Waals surface area contributed by atoms with Crippen LogP contribution in [0.25, 0.3) is 0 Å². The molecule has 1 aromatic rings. The number of halogens is 1. The summed E-state index contributed by atoms with van der Waals surface area (Å²) in [6, 6.07) is 8.53. The smallest absolute Gasteiger partial charge is 0.191 e. The SMILES string of the molecule is CN=C(NCC1CCSCC1)NC1CCN(c2cccc(Cl)c2)C1. The standard InChI is InChI=1S/C18H27ClN4S/c1-20-18(21-12-14-6-9-24-10-7-14)22-16-5-8-23(13-16)17-4-2-3-15(19)11-17/h2-4,11,14,16H,5-10,12-13H2,1H3,(H2,20,21,22). The number of aliphatic imine (C=N–C) groups is 1. The van der Waals surface area contributed by atoms with Crippen LogP contribution in [-0.2, 0) is 0 Å². The summed E-state index contributed by atoms with van der Waals surface area (Å²) in [6.07, 6.45) is 3.76. The van der Waals surface area contributed by atoms with E-state index in [2.05, 4.69) is 38.4 Å². The zero-order valence-corrected chi connectivity index (χ0v) is 15.9. The maximum Gasteiger partial charge on any atom is 0.191 e. The molecular formula is C18H27ClN4S. The molecular weight excluding hydrogens is 340 g/mol. The lowest BCUT2D eigenvalue weighted by molar-refractivity contribution is 0.477. The van der Waals surface area contributed by atoms with Gasteiger partial charge in [0.05, 0.1) is 0 Å². The van der Waals surface area contributed by atoms with Crippen molar-refractivity contribution in [3.05, 3.63) is 29.3 Å². The number of rotatable bonds is 4. The van der Waals surface area contributed by atoms with Gasteiger partial charge in [-0.3, -0.25) is 4.99 Å². The van der Waals surface area contributed by atoms with Gasteiger partial charge in [0, 0.05) is 43.4 Å². The first-order valence-corrected chi connectivity index (χ1v) is 10.3. The normalized spacial score (nSPS) is 22.7. The van der Waals surface area contributed by atoms with Gasteiger partial charge in [-0.25, -0.2) is 0 Å². The molecule has 2 saturated heterocycles. The second-order valence-electron chi connectivity index (χ2n) is 6.56. The van der Waals surface area contributed by atoms with Crippen LogP contribution in [0, 0.1) is 5.92 Å². The fourth-order valence-electron chi connectivity index (χ4n) is 3.36. The molecule has 0 aromatic heterocycles. The molecule has 2 aliphatic rings. The average Bonchev–Trinajstić information content (AvgIpc) is 3.08. The van der Waals surface area contributed by atoms with E-state index in [1.165, 1.54) is 30.0 Å². The van der Waals surface area contributed by atoms with E-state index in [4.69, 9.17) is 11.6 Å². The van der Waals surface area contributed by atoms with Crippen molar-refractivity contribution in [2.75, 3.05) is 43.1 Å². The molecule has 0 radical (unpaired) electrons. The van der Waals surface area contributed by atoms with Crippen LogP contribution in [-0.4, -0.2) is 50.2 Å². The van der Waals surface area contributed by atoms with Gasteiger partial charge in [-0.05, 0) is 54.9 Å². The molecule has 3 rings (SSSR count). The van der Waals surface area contributed by atoms with E-state index < -0.39 is 0 Å². The third-order valence-electron chi connectivity index (χ3n) is 4.83. The van der Waals surface area contributed by atoms with E-state index in [1.807, 2.05) is 25.2 Å². The highest BCUT2D eigenvalue weighted by molar-refractivity contribution is 7.99. The molecule has 1 atom stereocenters. The van der Waals surface area contributed by atoms with Crippen molar-refractivity contribution < 1.29 is 0 Å². The Morgan fingerprint density at radius 3 is 2.92 bits per heavy atom. The first-order valence-electron chi connectivity index (χ1n) is 8.80. The molecule has 2 aliphatic heterocycles. The Hall–Kier alpha value is -1.07.